The van der Waals surface area contributed by atoms with Gasteiger partial charge in [0.05, 0.1) is 19.8 Å². The SMILES string of the molecule is C=CCOCC(OC(C=O)CO[Si](C)(C)C(C)(C)C)n1ccc(=O)[nH]c1=O. The van der Waals surface area contributed by atoms with Crippen LogP contribution in [0.25, 0.3) is 0 Å². The number of nitrogens with one attached hydrogen (secondary N) is 1. The van der Waals surface area contributed by atoms with E-state index in [4.69, 9.17) is 13.9 Å². The fourth-order valence-electron chi connectivity index (χ4n) is 1.91. The Labute approximate surface area is 160 Å². The van der Waals surface area contributed by atoms with E-state index < -0.39 is 31.9 Å². The monoisotopic (exact) mass is 398 g/mol. The van der Waals surface area contributed by atoms with Crippen molar-refractivity contribution in [2.45, 2.75) is 51.2 Å². The van der Waals surface area contributed by atoms with Gasteiger partial charge in [-0.1, -0.05) is 26.8 Å². The third-order valence-electron chi connectivity index (χ3n) is 4.56. The first-order chi connectivity index (χ1) is 12.5. The summed E-state index contributed by atoms with van der Waals surface area (Å²) in [6.07, 6.45) is 1.73. The minimum Gasteiger partial charge on any atom is -0.414 e. The molecule has 1 rings (SSSR count). The van der Waals surface area contributed by atoms with Gasteiger partial charge in [-0.3, -0.25) is 14.3 Å². The maximum Gasteiger partial charge on any atom is 0.330 e. The maximum atomic E-state index is 12.1. The Morgan fingerprint density at radius 1 is 1.30 bits per heavy atom. The third-order valence-corrected chi connectivity index (χ3v) is 9.06. The van der Waals surface area contributed by atoms with Gasteiger partial charge < -0.3 is 18.7 Å². The van der Waals surface area contributed by atoms with Crippen LogP contribution in [0.5, 0.6) is 0 Å². The van der Waals surface area contributed by atoms with E-state index in [1.165, 1.54) is 16.8 Å². The quantitative estimate of drug-likeness (QED) is 0.264. The summed E-state index contributed by atoms with van der Waals surface area (Å²) in [7, 11) is -2.06. The highest BCUT2D eigenvalue weighted by Crippen LogP contribution is 2.36. The molecule has 1 aromatic rings. The molecule has 1 heterocycles. The van der Waals surface area contributed by atoms with E-state index in [0.717, 1.165) is 0 Å². The molecule has 2 atom stereocenters. The summed E-state index contributed by atoms with van der Waals surface area (Å²) in [5.74, 6) is 0. The van der Waals surface area contributed by atoms with Crippen LogP contribution in [-0.2, 0) is 18.7 Å². The van der Waals surface area contributed by atoms with Gasteiger partial charge in [0.15, 0.2) is 20.8 Å². The largest absolute Gasteiger partial charge is 0.414 e. The van der Waals surface area contributed by atoms with E-state index in [0.29, 0.717) is 6.29 Å². The molecule has 0 saturated carbocycles. The van der Waals surface area contributed by atoms with Crippen LogP contribution in [0.4, 0.5) is 0 Å². The number of carbonyl (C=O) groups excluding carboxylic acids is 1. The highest BCUT2D eigenvalue weighted by atomic mass is 28.4. The number of aromatic nitrogens is 2. The smallest absolute Gasteiger partial charge is 0.330 e. The molecule has 1 aromatic heterocycles. The molecule has 0 aliphatic heterocycles. The molecule has 27 heavy (non-hydrogen) atoms. The molecule has 0 amide bonds. The normalized spacial score (nSPS) is 14.6. The van der Waals surface area contributed by atoms with Crippen LogP contribution in [0.15, 0.2) is 34.5 Å². The van der Waals surface area contributed by atoms with Crippen molar-refractivity contribution in [3.63, 3.8) is 0 Å². The summed E-state index contributed by atoms with van der Waals surface area (Å²) in [5.41, 5.74) is -1.17. The molecular formula is C18H30N2O6Si. The molecule has 0 fully saturated rings. The van der Waals surface area contributed by atoms with E-state index >= 15 is 0 Å². The highest BCUT2D eigenvalue weighted by molar-refractivity contribution is 6.74. The topological polar surface area (TPSA) is 99.6 Å². The average Bonchev–Trinajstić information content (AvgIpc) is 2.56. The summed E-state index contributed by atoms with van der Waals surface area (Å²) in [6.45, 7) is 14.3. The number of nitrogens with zero attached hydrogens (tertiary/aromatic N) is 1. The van der Waals surface area contributed by atoms with E-state index in [1.807, 2.05) is 0 Å². The van der Waals surface area contributed by atoms with Crippen LogP contribution < -0.4 is 11.2 Å². The Balaban J connectivity index is 2.94. The Morgan fingerprint density at radius 3 is 2.48 bits per heavy atom. The average molecular weight is 399 g/mol. The van der Waals surface area contributed by atoms with E-state index in [1.54, 1.807) is 6.08 Å². The van der Waals surface area contributed by atoms with Gasteiger partial charge >= 0.3 is 5.69 Å². The van der Waals surface area contributed by atoms with Gasteiger partial charge in [-0.15, -0.1) is 6.58 Å². The molecule has 1 N–H and O–H groups in total. The van der Waals surface area contributed by atoms with Gasteiger partial charge in [-0.05, 0) is 18.1 Å². The summed E-state index contributed by atoms with van der Waals surface area (Å²) in [6, 6.07) is 1.20. The van der Waals surface area contributed by atoms with E-state index in [9.17, 15) is 14.4 Å². The molecular weight excluding hydrogens is 368 g/mol. The zero-order valence-electron chi connectivity index (χ0n) is 16.7. The fraction of sp³-hybridized carbons (Fsp3) is 0.611. The van der Waals surface area contributed by atoms with Gasteiger partial charge in [-0.25, -0.2) is 4.79 Å². The number of ether oxygens (including phenoxy) is 2. The maximum absolute atomic E-state index is 12.1. The van der Waals surface area contributed by atoms with Gasteiger partial charge in [0.2, 0.25) is 0 Å². The van der Waals surface area contributed by atoms with Crippen LogP contribution in [0.3, 0.4) is 0 Å². The Morgan fingerprint density at radius 2 is 1.96 bits per heavy atom. The zero-order chi connectivity index (χ0) is 20.7. The number of rotatable bonds is 11. The second-order valence-electron chi connectivity index (χ2n) is 7.68. The second-order valence-corrected chi connectivity index (χ2v) is 12.5. The van der Waals surface area contributed by atoms with Crippen molar-refractivity contribution in [3.05, 3.63) is 45.8 Å². The summed E-state index contributed by atoms with van der Waals surface area (Å²) < 4.78 is 18.4. The first-order valence-corrected chi connectivity index (χ1v) is 11.7. The molecule has 9 heteroatoms. The minimum absolute atomic E-state index is 0.00238. The lowest BCUT2D eigenvalue weighted by atomic mass is 10.2. The Hall–Kier alpha value is -1.81. The fourth-order valence-corrected chi connectivity index (χ4v) is 2.92. The molecule has 0 spiro atoms. The van der Waals surface area contributed by atoms with Gasteiger partial charge in [0.1, 0.15) is 6.10 Å². The van der Waals surface area contributed by atoms with E-state index in [-0.39, 0.29) is 24.9 Å². The second kappa shape index (κ2) is 9.93. The van der Waals surface area contributed by atoms with Crippen molar-refractivity contribution in [1.82, 2.24) is 9.55 Å². The lowest BCUT2D eigenvalue weighted by Crippen LogP contribution is -2.44. The lowest BCUT2D eigenvalue weighted by Gasteiger charge is -2.37. The number of hydrogen-bond donors (Lipinski definition) is 1. The number of H-pyrrole nitrogens is 1. The molecule has 0 radical (unpaired) electrons. The molecule has 0 bridgehead atoms. The van der Waals surface area contributed by atoms with Gasteiger partial charge in [0, 0.05) is 12.3 Å². The molecule has 0 aromatic carbocycles. The van der Waals surface area contributed by atoms with Crippen LogP contribution >= 0.6 is 0 Å². The first kappa shape index (κ1) is 23.2. The molecule has 152 valence electrons. The van der Waals surface area contributed by atoms with Gasteiger partial charge in [-0.2, -0.15) is 0 Å². The van der Waals surface area contributed by atoms with E-state index in [2.05, 4.69) is 45.4 Å². The Bertz CT molecular complexity index is 734. The summed E-state index contributed by atoms with van der Waals surface area (Å²) >= 11 is 0. The van der Waals surface area contributed by atoms with Crippen molar-refractivity contribution in [2.75, 3.05) is 19.8 Å². The molecule has 0 saturated heterocycles. The van der Waals surface area contributed by atoms with Crippen LogP contribution in [0, 0.1) is 0 Å². The number of hydrogen-bond acceptors (Lipinski definition) is 6. The van der Waals surface area contributed by atoms with Crippen molar-refractivity contribution in [3.8, 4) is 0 Å². The predicted molar refractivity (Wildman–Crippen MR) is 105 cm³/mol. The van der Waals surface area contributed by atoms with Crippen LogP contribution in [0.1, 0.15) is 27.0 Å². The molecule has 0 aliphatic rings. The highest BCUT2D eigenvalue weighted by Gasteiger charge is 2.38. The van der Waals surface area contributed by atoms with Crippen LogP contribution in [-0.4, -0.2) is 50.1 Å². The van der Waals surface area contributed by atoms with Crippen LogP contribution in [0.2, 0.25) is 18.1 Å². The first-order valence-electron chi connectivity index (χ1n) is 8.76. The molecule has 0 aliphatic carbocycles. The van der Waals surface area contributed by atoms with Crippen molar-refractivity contribution < 1.29 is 18.7 Å². The van der Waals surface area contributed by atoms with Crippen molar-refractivity contribution >= 4 is 14.6 Å². The number of aldehydes is 1. The van der Waals surface area contributed by atoms with Crippen molar-refractivity contribution in [1.29, 1.82) is 0 Å². The van der Waals surface area contributed by atoms with Gasteiger partial charge in [0.25, 0.3) is 5.56 Å². The standard InChI is InChI=1S/C18H30N2O6Si/c1-7-10-24-13-16(20-9-8-15(22)19-17(20)23)26-14(11-21)12-25-27(5,6)18(2,3)4/h7-9,11,14,16H,1,10,12-13H2,2-6H3,(H,19,22,23). The predicted octanol–water partition coefficient (Wildman–Crippen LogP) is 1.84. The minimum atomic E-state index is -2.06. The summed E-state index contributed by atoms with van der Waals surface area (Å²) in [4.78, 5) is 37.0. The molecule has 2 unspecified atom stereocenters. The Kier molecular flexibility index (Phi) is 8.54. The number of carbonyl (C=O) groups is 1. The summed E-state index contributed by atoms with van der Waals surface area (Å²) in [5, 5.41) is -0.0111. The van der Waals surface area contributed by atoms with Crippen molar-refractivity contribution in [2.24, 2.45) is 0 Å². The third kappa shape index (κ3) is 7.02. The molecule has 8 nitrogen and oxygen atoms in total. The lowest BCUT2D eigenvalue weighted by molar-refractivity contribution is -0.137. The zero-order valence-corrected chi connectivity index (χ0v) is 17.7. The number of aromatic amines is 1.